The highest BCUT2D eigenvalue weighted by Crippen LogP contribution is 2.28. The van der Waals surface area contributed by atoms with Gasteiger partial charge < -0.3 is 4.74 Å². The number of ether oxygens (including phenoxy) is 1. The van der Waals surface area contributed by atoms with Crippen LogP contribution in [-0.4, -0.2) is 18.7 Å². The average Bonchev–Trinajstić information content (AvgIpc) is 2.48. The lowest BCUT2D eigenvalue weighted by molar-refractivity contribution is -0.123. The number of carbonyl (C=O) groups is 1. The molecule has 1 amide bonds. The molecule has 2 aromatic carbocycles. The normalized spacial score (nSPS) is 10.7. The highest BCUT2D eigenvalue weighted by atomic mass is 79.9. The first-order valence-corrected chi connectivity index (χ1v) is 8.16. The van der Waals surface area contributed by atoms with Crippen LogP contribution in [0.3, 0.4) is 0 Å². The van der Waals surface area contributed by atoms with Gasteiger partial charge in [-0.2, -0.15) is 5.10 Å². The van der Waals surface area contributed by atoms with Crippen molar-refractivity contribution in [2.45, 2.75) is 0 Å². The van der Waals surface area contributed by atoms with Crippen LogP contribution in [0, 0.1) is 0 Å². The molecule has 4 nitrogen and oxygen atoms in total. The van der Waals surface area contributed by atoms with Crippen LogP contribution in [0.2, 0.25) is 5.02 Å². The fourth-order valence-electron chi connectivity index (χ4n) is 1.50. The molecule has 0 aliphatic rings. The summed E-state index contributed by atoms with van der Waals surface area (Å²) in [5, 5.41) is 4.50. The van der Waals surface area contributed by atoms with Crippen molar-refractivity contribution >= 4 is 55.6 Å². The van der Waals surface area contributed by atoms with Gasteiger partial charge in [0.2, 0.25) is 0 Å². The van der Waals surface area contributed by atoms with Crippen molar-refractivity contribution in [2.24, 2.45) is 5.10 Å². The minimum Gasteiger partial charge on any atom is -0.483 e. The maximum Gasteiger partial charge on any atom is 0.277 e. The number of nitrogens with zero attached hydrogens (tertiary/aromatic N) is 1. The number of hydrogen-bond donors (Lipinski definition) is 1. The van der Waals surface area contributed by atoms with Crippen LogP contribution in [0.5, 0.6) is 5.75 Å². The van der Waals surface area contributed by atoms with E-state index in [2.05, 4.69) is 42.4 Å². The fourth-order valence-corrected chi connectivity index (χ4v) is 2.78. The third-order valence-corrected chi connectivity index (χ3v) is 3.89. The van der Waals surface area contributed by atoms with Gasteiger partial charge in [-0.25, -0.2) is 5.43 Å². The summed E-state index contributed by atoms with van der Waals surface area (Å²) in [5.41, 5.74) is 3.23. The molecule has 2 rings (SSSR count). The van der Waals surface area contributed by atoms with Gasteiger partial charge in [-0.05, 0) is 51.8 Å². The molecular formula is C15H11Br2ClN2O2. The summed E-state index contributed by atoms with van der Waals surface area (Å²) in [6, 6.07) is 12.5. The minimum atomic E-state index is -0.347. The Kier molecular flexibility index (Phi) is 6.42. The summed E-state index contributed by atoms with van der Waals surface area (Å²) in [7, 11) is 0. The second-order valence-electron chi connectivity index (χ2n) is 4.21. The molecule has 0 bridgehead atoms. The van der Waals surface area contributed by atoms with E-state index in [9.17, 15) is 4.79 Å². The number of benzene rings is 2. The van der Waals surface area contributed by atoms with Gasteiger partial charge >= 0.3 is 0 Å². The van der Waals surface area contributed by atoms with Gasteiger partial charge in [0.05, 0.1) is 10.7 Å². The lowest BCUT2D eigenvalue weighted by Crippen LogP contribution is -2.24. The number of hydrazone groups is 1. The van der Waals surface area contributed by atoms with E-state index in [1.54, 1.807) is 30.3 Å². The van der Waals surface area contributed by atoms with Crippen molar-refractivity contribution in [1.82, 2.24) is 5.43 Å². The molecule has 7 heteroatoms. The van der Waals surface area contributed by atoms with Crippen LogP contribution in [0.15, 0.2) is 56.5 Å². The van der Waals surface area contributed by atoms with Gasteiger partial charge in [-0.1, -0.05) is 39.7 Å². The van der Waals surface area contributed by atoms with E-state index in [-0.39, 0.29) is 12.5 Å². The van der Waals surface area contributed by atoms with Crippen molar-refractivity contribution in [3.63, 3.8) is 0 Å². The summed E-state index contributed by atoms with van der Waals surface area (Å²) < 4.78 is 7.08. The molecule has 0 aliphatic heterocycles. The summed E-state index contributed by atoms with van der Waals surface area (Å²) >= 11 is 12.5. The predicted molar refractivity (Wildman–Crippen MR) is 94.5 cm³/mol. The molecule has 0 unspecified atom stereocenters. The van der Waals surface area contributed by atoms with E-state index in [0.717, 1.165) is 14.5 Å². The molecule has 0 aromatic heterocycles. The summed E-state index contributed by atoms with van der Waals surface area (Å²) in [5.74, 6) is 0.236. The molecule has 1 N–H and O–H groups in total. The molecule has 0 saturated heterocycles. The monoisotopic (exact) mass is 444 g/mol. The molecule has 0 saturated carbocycles. The Hall–Kier alpha value is -1.37. The topological polar surface area (TPSA) is 50.7 Å². The molecule has 0 fully saturated rings. The third-order valence-electron chi connectivity index (χ3n) is 2.53. The van der Waals surface area contributed by atoms with Gasteiger partial charge in [0, 0.05) is 9.50 Å². The average molecular weight is 447 g/mol. The molecule has 0 atom stereocenters. The quantitative estimate of drug-likeness (QED) is 0.547. The lowest BCUT2D eigenvalue weighted by Gasteiger charge is -2.07. The van der Waals surface area contributed by atoms with Crippen molar-refractivity contribution < 1.29 is 9.53 Å². The van der Waals surface area contributed by atoms with E-state index in [1.807, 2.05) is 12.1 Å². The van der Waals surface area contributed by atoms with Gasteiger partial charge in [-0.3, -0.25) is 4.79 Å². The van der Waals surface area contributed by atoms with Gasteiger partial charge in [0.25, 0.3) is 5.91 Å². The van der Waals surface area contributed by atoms with E-state index >= 15 is 0 Å². The fraction of sp³-hybridized carbons (Fsp3) is 0.0667. The second-order valence-corrected chi connectivity index (χ2v) is 6.41. The number of hydrogen-bond acceptors (Lipinski definition) is 3. The number of amides is 1. The lowest BCUT2D eigenvalue weighted by atomic mass is 10.2. The Morgan fingerprint density at radius 3 is 2.64 bits per heavy atom. The van der Waals surface area contributed by atoms with Crippen molar-refractivity contribution in [2.75, 3.05) is 6.61 Å². The molecule has 2 aromatic rings. The van der Waals surface area contributed by atoms with Crippen molar-refractivity contribution in [3.8, 4) is 5.75 Å². The standard InChI is InChI=1S/C15H11Br2ClN2O2/c16-11-3-6-14(13(17)7-11)22-9-15(21)20-19-8-10-1-4-12(18)5-2-10/h1-8H,9H2,(H,20,21)/b19-8+. The third kappa shape index (κ3) is 5.44. The summed E-state index contributed by atoms with van der Waals surface area (Å²) in [6.07, 6.45) is 1.53. The van der Waals surface area contributed by atoms with E-state index < -0.39 is 0 Å². The van der Waals surface area contributed by atoms with Crippen LogP contribution in [-0.2, 0) is 4.79 Å². The van der Waals surface area contributed by atoms with Gasteiger partial charge in [0.15, 0.2) is 6.61 Å². The maximum atomic E-state index is 11.6. The summed E-state index contributed by atoms with van der Waals surface area (Å²) in [4.78, 5) is 11.6. The van der Waals surface area contributed by atoms with E-state index in [4.69, 9.17) is 16.3 Å². The first-order valence-electron chi connectivity index (χ1n) is 6.20. The SMILES string of the molecule is O=C(COc1ccc(Br)cc1Br)N/N=C/c1ccc(Cl)cc1. The molecule has 0 spiro atoms. The Balaban J connectivity index is 1.81. The van der Waals surface area contributed by atoms with E-state index in [1.165, 1.54) is 6.21 Å². The van der Waals surface area contributed by atoms with Gasteiger partial charge in [-0.15, -0.1) is 0 Å². The molecule has 22 heavy (non-hydrogen) atoms. The van der Waals surface area contributed by atoms with Gasteiger partial charge in [0.1, 0.15) is 5.75 Å². The predicted octanol–water partition coefficient (Wildman–Crippen LogP) is 4.39. The zero-order valence-corrected chi connectivity index (χ0v) is 15.2. The Labute approximate surface area is 149 Å². The number of carbonyl (C=O) groups excluding carboxylic acids is 1. The smallest absolute Gasteiger partial charge is 0.277 e. The highest BCUT2D eigenvalue weighted by Gasteiger charge is 2.05. The first-order chi connectivity index (χ1) is 10.5. The molecule has 114 valence electrons. The van der Waals surface area contributed by atoms with Crippen LogP contribution >= 0.6 is 43.5 Å². The Morgan fingerprint density at radius 2 is 1.95 bits per heavy atom. The summed E-state index contributed by atoms with van der Waals surface area (Å²) in [6.45, 7) is -0.127. The molecular weight excluding hydrogens is 435 g/mol. The van der Waals surface area contributed by atoms with Crippen LogP contribution in [0.25, 0.3) is 0 Å². The number of nitrogens with one attached hydrogen (secondary N) is 1. The second kappa shape index (κ2) is 8.31. The number of halogens is 3. The van der Waals surface area contributed by atoms with Crippen molar-refractivity contribution in [3.05, 3.63) is 62.0 Å². The Morgan fingerprint density at radius 1 is 1.23 bits per heavy atom. The highest BCUT2D eigenvalue weighted by molar-refractivity contribution is 9.11. The van der Waals surface area contributed by atoms with E-state index in [0.29, 0.717) is 10.8 Å². The molecule has 0 aliphatic carbocycles. The molecule has 0 radical (unpaired) electrons. The van der Waals surface area contributed by atoms with Crippen molar-refractivity contribution in [1.29, 1.82) is 0 Å². The number of rotatable bonds is 5. The zero-order chi connectivity index (χ0) is 15.9. The van der Waals surface area contributed by atoms with Crippen LogP contribution in [0.4, 0.5) is 0 Å². The maximum absolute atomic E-state index is 11.6. The first kappa shape index (κ1) is 17.0. The van der Waals surface area contributed by atoms with Crippen LogP contribution < -0.4 is 10.2 Å². The molecule has 0 heterocycles. The van der Waals surface area contributed by atoms with Crippen LogP contribution in [0.1, 0.15) is 5.56 Å². The largest absolute Gasteiger partial charge is 0.483 e. The zero-order valence-electron chi connectivity index (χ0n) is 11.2. The minimum absolute atomic E-state index is 0.127. The Bertz CT molecular complexity index is 690.